The minimum atomic E-state index is -0.299. The first kappa shape index (κ1) is 21.8. The molecule has 0 bridgehead atoms. The summed E-state index contributed by atoms with van der Waals surface area (Å²) in [7, 11) is 0. The van der Waals surface area contributed by atoms with Gasteiger partial charge >= 0.3 is 0 Å². The largest absolute Gasteiger partial charge is 0.352 e. The first-order valence-corrected chi connectivity index (χ1v) is 10.6. The number of benzene rings is 2. The summed E-state index contributed by atoms with van der Waals surface area (Å²) >= 11 is 5.90. The van der Waals surface area contributed by atoms with Crippen molar-refractivity contribution in [2.75, 3.05) is 25.0 Å². The fourth-order valence-corrected chi connectivity index (χ4v) is 3.60. The molecule has 158 valence electrons. The van der Waals surface area contributed by atoms with Crippen LogP contribution in [0.4, 0.5) is 5.69 Å². The number of halogens is 1. The van der Waals surface area contributed by atoms with Crippen LogP contribution in [-0.2, 0) is 4.79 Å². The Morgan fingerprint density at radius 2 is 1.87 bits per heavy atom. The van der Waals surface area contributed by atoms with Gasteiger partial charge in [-0.25, -0.2) is 0 Å². The lowest BCUT2D eigenvalue weighted by atomic mass is 9.96. The molecule has 0 radical (unpaired) electrons. The lowest BCUT2D eigenvalue weighted by molar-refractivity contribution is -0.121. The van der Waals surface area contributed by atoms with E-state index in [0.717, 1.165) is 12.8 Å². The monoisotopic (exact) mass is 427 g/mol. The van der Waals surface area contributed by atoms with Gasteiger partial charge in [0.15, 0.2) is 0 Å². The van der Waals surface area contributed by atoms with E-state index in [1.807, 2.05) is 6.92 Å². The van der Waals surface area contributed by atoms with E-state index in [4.69, 9.17) is 11.6 Å². The molecule has 0 spiro atoms. The third-order valence-corrected chi connectivity index (χ3v) is 5.35. The van der Waals surface area contributed by atoms with Crippen molar-refractivity contribution < 1.29 is 14.4 Å². The first-order chi connectivity index (χ1) is 14.5. The van der Waals surface area contributed by atoms with E-state index in [9.17, 15) is 14.4 Å². The number of anilines is 1. The average Bonchev–Trinajstić information content (AvgIpc) is 2.77. The van der Waals surface area contributed by atoms with E-state index in [1.165, 1.54) is 0 Å². The van der Waals surface area contributed by atoms with Crippen molar-refractivity contribution in [1.29, 1.82) is 0 Å². The Morgan fingerprint density at radius 3 is 2.60 bits per heavy atom. The molecule has 1 saturated heterocycles. The van der Waals surface area contributed by atoms with Crippen LogP contribution >= 0.6 is 11.6 Å². The van der Waals surface area contributed by atoms with Crippen LogP contribution in [0.3, 0.4) is 0 Å². The molecule has 1 aliphatic rings. The summed E-state index contributed by atoms with van der Waals surface area (Å²) in [5, 5.41) is 6.30. The number of hydrogen-bond donors (Lipinski definition) is 2. The second-order valence-corrected chi connectivity index (χ2v) is 7.86. The lowest BCUT2D eigenvalue weighted by Gasteiger charge is -2.32. The van der Waals surface area contributed by atoms with Gasteiger partial charge in [-0.3, -0.25) is 14.4 Å². The first-order valence-electron chi connectivity index (χ1n) is 10.2. The maximum Gasteiger partial charge on any atom is 0.253 e. The number of carbonyl (C=O) groups excluding carboxylic acids is 3. The van der Waals surface area contributed by atoms with Crippen molar-refractivity contribution in [2.24, 2.45) is 5.92 Å². The Kier molecular flexibility index (Phi) is 7.46. The number of piperidine rings is 1. The number of rotatable bonds is 6. The topological polar surface area (TPSA) is 78.5 Å². The van der Waals surface area contributed by atoms with Gasteiger partial charge in [0.2, 0.25) is 5.91 Å². The van der Waals surface area contributed by atoms with Gasteiger partial charge in [0.25, 0.3) is 11.8 Å². The summed E-state index contributed by atoms with van der Waals surface area (Å²) in [5.74, 6) is -0.702. The van der Waals surface area contributed by atoms with E-state index in [1.54, 1.807) is 53.4 Å². The Labute approximate surface area is 181 Å². The van der Waals surface area contributed by atoms with Gasteiger partial charge in [-0.05, 0) is 61.7 Å². The van der Waals surface area contributed by atoms with Crippen molar-refractivity contribution in [3.8, 4) is 0 Å². The quantitative estimate of drug-likeness (QED) is 0.732. The third kappa shape index (κ3) is 5.60. The van der Waals surface area contributed by atoms with Gasteiger partial charge < -0.3 is 15.5 Å². The molecule has 6 nitrogen and oxygen atoms in total. The highest BCUT2D eigenvalue weighted by molar-refractivity contribution is 6.30. The van der Waals surface area contributed by atoms with E-state index >= 15 is 0 Å². The zero-order valence-corrected chi connectivity index (χ0v) is 17.7. The Bertz CT molecular complexity index is 914. The summed E-state index contributed by atoms with van der Waals surface area (Å²) in [5.41, 5.74) is 1.64. The molecule has 1 fully saturated rings. The minimum absolute atomic E-state index is 0.0984. The molecular formula is C23H26ClN3O3. The van der Waals surface area contributed by atoms with Crippen LogP contribution in [0.15, 0.2) is 48.5 Å². The van der Waals surface area contributed by atoms with Crippen LogP contribution in [0.5, 0.6) is 0 Å². The van der Waals surface area contributed by atoms with E-state index in [0.29, 0.717) is 47.9 Å². The predicted molar refractivity (Wildman–Crippen MR) is 118 cm³/mol. The maximum atomic E-state index is 12.8. The third-order valence-electron chi connectivity index (χ3n) is 5.10. The highest BCUT2D eigenvalue weighted by Gasteiger charge is 2.29. The molecule has 0 saturated carbocycles. The van der Waals surface area contributed by atoms with Crippen molar-refractivity contribution in [1.82, 2.24) is 10.2 Å². The summed E-state index contributed by atoms with van der Waals surface area (Å²) in [6.45, 7) is 3.58. The standard InChI is InChI=1S/C23H26ClN3O3/c1-2-12-25-21(28)17-5-3-7-20(14-17)26-22(29)18-6-4-13-27(15-18)23(30)16-8-10-19(24)11-9-16/h3,5,7-11,14,18H,2,4,6,12-13,15H2,1H3,(H,25,28)(H,26,29). The van der Waals surface area contributed by atoms with Crippen LogP contribution in [0, 0.1) is 5.92 Å². The summed E-state index contributed by atoms with van der Waals surface area (Å²) in [6.07, 6.45) is 2.33. The van der Waals surface area contributed by atoms with Crippen LogP contribution < -0.4 is 10.6 Å². The molecule has 7 heteroatoms. The smallest absolute Gasteiger partial charge is 0.253 e. The molecule has 1 aliphatic heterocycles. The van der Waals surface area contributed by atoms with Crippen molar-refractivity contribution in [3.05, 3.63) is 64.7 Å². The Balaban J connectivity index is 1.62. The van der Waals surface area contributed by atoms with Crippen molar-refractivity contribution in [2.45, 2.75) is 26.2 Å². The molecule has 1 unspecified atom stereocenters. The van der Waals surface area contributed by atoms with Crippen molar-refractivity contribution in [3.63, 3.8) is 0 Å². The lowest BCUT2D eigenvalue weighted by Crippen LogP contribution is -2.43. The summed E-state index contributed by atoms with van der Waals surface area (Å²) in [4.78, 5) is 39.4. The van der Waals surface area contributed by atoms with Gasteiger partial charge in [0.05, 0.1) is 5.92 Å². The minimum Gasteiger partial charge on any atom is -0.352 e. The molecule has 3 amide bonds. The van der Waals surface area contributed by atoms with Crippen LogP contribution in [0.1, 0.15) is 46.9 Å². The average molecular weight is 428 g/mol. The van der Waals surface area contributed by atoms with E-state index < -0.39 is 0 Å². The van der Waals surface area contributed by atoms with E-state index in [2.05, 4.69) is 10.6 Å². The fraction of sp³-hybridized carbons (Fsp3) is 0.348. The van der Waals surface area contributed by atoms with Crippen molar-refractivity contribution >= 4 is 35.0 Å². The number of amides is 3. The molecule has 1 heterocycles. The fourth-order valence-electron chi connectivity index (χ4n) is 3.47. The Morgan fingerprint density at radius 1 is 1.10 bits per heavy atom. The van der Waals surface area contributed by atoms with Gasteiger partial charge in [-0.2, -0.15) is 0 Å². The highest BCUT2D eigenvalue weighted by atomic mass is 35.5. The molecule has 0 aliphatic carbocycles. The highest BCUT2D eigenvalue weighted by Crippen LogP contribution is 2.21. The maximum absolute atomic E-state index is 12.8. The molecule has 2 aromatic rings. The number of hydrogen-bond acceptors (Lipinski definition) is 3. The van der Waals surface area contributed by atoms with Crippen LogP contribution in [-0.4, -0.2) is 42.3 Å². The van der Waals surface area contributed by atoms with Gasteiger partial charge in [0, 0.05) is 41.5 Å². The van der Waals surface area contributed by atoms with Gasteiger partial charge in [-0.15, -0.1) is 0 Å². The zero-order valence-electron chi connectivity index (χ0n) is 17.0. The molecule has 2 aromatic carbocycles. The molecule has 2 N–H and O–H groups in total. The second kappa shape index (κ2) is 10.3. The van der Waals surface area contributed by atoms with Crippen LogP contribution in [0.25, 0.3) is 0 Å². The van der Waals surface area contributed by atoms with Gasteiger partial charge in [-0.1, -0.05) is 24.6 Å². The Hall–Kier alpha value is -2.86. The normalized spacial score (nSPS) is 16.1. The summed E-state index contributed by atoms with van der Waals surface area (Å²) in [6, 6.07) is 13.7. The molecule has 1 atom stereocenters. The summed E-state index contributed by atoms with van der Waals surface area (Å²) < 4.78 is 0. The van der Waals surface area contributed by atoms with E-state index in [-0.39, 0.29) is 23.6 Å². The molecule has 3 rings (SSSR count). The zero-order chi connectivity index (χ0) is 21.5. The number of carbonyl (C=O) groups is 3. The van der Waals surface area contributed by atoms with Crippen LogP contribution in [0.2, 0.25) is 5.02 Å². The number of likely N-dealkylation sites (tertiary alicyclic amines) is 1. The number of nitrogens with one attached hydrogen (secondary N) is 2. The molecule has 0 aromatic heterocycles. The number of nitrogens with zero attached hydrogens (tertiary/aromatic N) is 1. The molecule has 30 heavy (non-hydrogen) atoms. The SMILES string of the molecule is CCCNC(=O)c1cccc(NC(=O)C2CCCN(C(=O)c3ccc(Cl)cc3)C2)c1. The molecular weight excluding hydrogens is 402 g/mol. The predicted octanol–water partition coefficient (Wildman–Crippen LogP) is 3.97. The second-order valence-electron chi connectivity index (χ2n) is 7.42. The van der Waals surface area contributed by atoms with Gasteiger partial charge in [0.1, 0.15) is 0 Å².